The van der Waals surface area contributed by atoms with E-state index in [1.807, 2.05) is 18.2 Å². The standard InChI is InChI=1S/C24H19N3/c1-27(23-12-6-8-17-7-2-3-9-20(17)23)19-15-13-18(14-16-19)24-25-21-10-4-5-11-22(21)26-24/h2-16H,1H3,(H,25,26). The van der Waals surface area contributed by atoms with Crippen molar-refractivity contribution < 1.29 is 0 Å². The van der Waals surface area contributed by atoms with Crippen molar-refractivity contribution in [3.8, 4) is 11.4 Å². The third-order valence-electron chi connectivity index (χ3n) is 5.05. The monoisotopic (exact) mass is 349 g/mol. The van der Waals surface area contributed by atoms with Crippen molar-refractivity contribution in [2.24, 2.45) is 0 Å². The first-order valence-electron chi connectivity index (χ1n) is 9.06. The van der Waals surface area contributed by atoms with Crippen LogP contribution >= 0.6 is 0 Å². The summed E-state index contributed by atoms with van der Waals surface area (Å²) in [7, 11) is 2.11. The van der Waals surface area contributed by atoms with Crippen molar-refractivity contribution in [3.05, 3.63) is 91.0 Å². The molecule has 0 spiro atoms. The molecule has 0 bridgehead atoms. The molecule has 0 saturated heterocycles. The zero-order valence-corrected chi connectivity index (χ0v) is 15.1. The molecule has 0 atom stereocenters. The van der Waals surface area contributed by atoms with Gasteiger partial charge in [-0.1, -0.05) is 48.5 Å². The molecule has 27 heavy (non-hydrogen) atoms. The van der Waals surface area contributed by atoms with Gasteiger partial charge < -0.3 is 9.88 Å². The van der Waals surface area contributed by atoms with Gasteiger partial charge in [0.1, 0.15) is 5.82 Å². The van der Waals surface area contributed by atoms with Crippen molar-refractivity contribution in [1.29, 1.82) is 0 Å². The predicted molar refractivity (Wildman–Crippen MR) is 114 cm³/mol. The number of nitrogens with zero attached hydrogens (tertiary/aromatic N) is 2. The zero-order chi connectivity index (χ0) is 18.2. The Bertz CT molecular complexity index is 1200. The zero-order valence-electron chi connectivity index (χ0n) is 15.1. The van der Waals surface area contributed by atoms with Crippen LogP contribution in [0.5, 0.6) is 0 Å². The van der Waals surface area contributed by atoms with Crippen LogP contribution in [0.15, 0.2) is 91.0 Å². The van der Waals surface area contributed by atoms with Gasteiger partial charge in [-0.25, -0.2) is 4.98 Å². The highest BCUT2D eigenvalue weighted by Crippen LogP contribution is 2.32. The molecular weight excluding hydrogens is 330 g/mol. The van der Waals surface area contributed by atoms with Crippen LogP contribution in [0.4, 0.5) is 11.4 Å². The minimum absolute atomic E-state index is 0.899. The number of hydrogen-bond donors (Lipinski definition) is 1. The molecule has 0 fully saturated rings. The lowest BCUT2D eigenvalue weighted by atomic mass is 10.1. The van der Waals surface area contributed by atoms with Crippen molar-refractivity contribution in [2.75, 3.05) is 11.9 Å². The molecule has 0 aliphatic heterocycles. The molecule has 0 amide bonds. The van der Waals surface area contributed by atoms with E-state index in [0.29, 0.717) is 0 Å². The minimum Gasteiger partial charge on any atom is -0.344 e. The number of aromatic nitrogens is 2. The molecule has 0 unspecified atom stereocenters. The maximum atomic E-state index is 4.69. The maximum Gasteiger partial charge on any atom is 0.138 e. The summed E-state index contributed by atoms with van der Waals surface area (Å²) in [5, 5.41) is 2.50. The number of nitrogens with one attached hydrogen (secondary N) is 1. The van der Waals surface area contributed by atoms with Gasteiger partial charge in [0.05, 0.1) is 11.0 Å². The first kappa shape index (κ1) is 15.6. The fourth-order valence-corrected chi connectivity index (χ4v) is 3.57. The van der Waals surface area contributed by atoms with Crippen LogP contribution < -0.4 is 4.90 Å². The maximum absolute atomic E-state index is 4.69. The number of rotatable bonds is 3. The fourth-order valence-electron chi connectivity index (χ4n) is 3.57. The van der Waals surface area contributed by atoms with E-state index < -0.39 is 0 Å². The van der Waals surface area contributed by atoms with Crippen molar-refractivity contribution in [1.82, 2.24) is 9.97 Å². The highest BCUT2D eigenvalue weighted by molar-refractivity contribution is 5.96. The Morgan fingerprint density at radius 2 is 1.48 bits per heavy atom. The van der Waals surface area contributed by atoms with E-state index >= 15 is 0 Å². The lowest BCUT2D eigenvalue weighted by Gasteiger charge is -2.21. The van der Waals surface area contributed by atoms with Gasteiger partial charge in [0, 0.05) is 29.4 Å². The molecule has 5 aromatic rings. The summed E-state index contributed by atoms with van der Waals surface area (Å²) in [6, 6.07) is 31.5. The van der Waals surface area contributed by atoms with Gasteiger partial charge in [0.15, 0.2) is 0 Å². The molecule has 0 saturated carbocycles. The van der Waals surface area contributed by atoms with E-state index in [1.54, 1.807) is 0 Å². The summed E-state index contributed by atoms with van der Waals surface area (Å²) >= 11 is 0. The molecule has 3 nitrogen and oxygen atoms in total. The number of anilines is 2. The highest BCUT2D eigenvalue weighted by Gasteiger charge is 2.09. The molecule has 3 heteroatoms. The highest BCUT2D eigenvalue weighted by atomic mass is 15.1. The summed E-state index contributed by atoms with van der Waals surface area (Å²) in [6.07, 6.45) is 0. The Balaban J connectivity index is 1.50. The van der Waals surface area contributed by atoms with Crippen LogP contribution in [-0.2, 0) is 0 Å². The molecule has 1 heterocycles. The van der Waals surface area contributed by atoms with Crippen LogP contribution in [0, 0.1) is 0 Å². The van der Waals surface area contributed by atoms with E-state index in [1.165, 1.54) is 16.5 Å². The first-order valence-corrected chi connectivity index (χ1v) is 9.06. The van der Waals surface area contributed by atoms with Crippen molar-refractivity contribution in [3.63, 3.8) is 0 Å². The number of hydrogen-bond acceptors (Lipinski definition) is 2. The van der Waals surface area contributed by atoms with E-state index in [-0.39, 0.29) is 0 Å². The number of fused-ring (bicyclic) bond motifs is 2. The van der Waals surface area contributed by atoms with Crippen LogP contribution in [0.2, 0.25) is 0 Å². The lowest BCUT2D eigenvalue weighted by Crippen LogP contribution is -2.09. The lowest BCUT2D eigenvalue weighted by molar-refractivity contribution is 1.22. The Hall–Kier alpha value is -3.59. The average molecular weight is 349 g/mol. The van der Waals surface area contributed by atoms with E-state index in [2.05, 4.69) is 94.7 Å². The predicted octanol–water partition coefficient (Wildman–Crippen LogP) is 6.15. The SMILES string of the molecule is CN(c1ccc(-c2nc3ccccc3[nH]2)cc1)c1cccc2ccccc12. The van der Waals surface area contributed by atoms with E-state index in [9.17, 15) is 0 Å². The van der Waals surface area contributed by atoms with Gasteiger partial charge in [-0.05, 0) is 47.9 Å². The largest absolute Gasteiger partial charge is 0.344 e. The number of aromatic amines is 1. The van der Waals surface area contributed by atoms with Crippen LogP contribution in [0.3, 0.4) is 0 Å². The van der Waals surface area contributed by atoms with Crippen LogP contribution in [0.25, 0.3) is 33.2 Å². The molecule has 0 aliphatic carbocycles. The average Bonchev–Trinajstić information content (AvgIpc) is 3.17. The van der Waals surface area contributed by atoms with Crippen molar-refractivity contribution in [2.45, 2.75) is 0 Å². The number of H-pyrrole nitrogens is 1. The van der Waals surface area contributed by atoms with E-state index in [4.69, 9.17) is 0 Å². The second-order valence-electron chi connectivity index (χ2n) is 6.71. The normalized spacial score (nSPS) is 11.1. The summed E-state index contributed by atoms with van der Waals surface area (Å²) in [4.78, 5) is 10.3. The molecule has 130 valence electrons. The summed E-state index contributed by atoms with van der Waals surface area (Å²) in [5.41, 5.74) is 5.48. The summed E-state index contributed by atoms with van der Waals surface area (Å²) in [6.45, 7) is 0. The molecule has 4 aromatic carbocycles. The number of para-hydroxylation sites is 2. The van der Waals surface area contributed by atoms with Gasteiger partial charge in [0.2, 0.25) is 0 Å². The quantitative estimate of drug-likeness (QED) is 0.423. The van der Waals surface area contributed by atoms with Gasteiger partial charge in [0.25, 0.3) is 0 Å². The molecule has 0 aliphatic rings. The Labute approximate surface area is 157 Å². The smallest absolute Gasteiger partial charge is 0.138 e. The topological polar surface area (TPSA) is 31.9 Å². The molecular formula is C24H19N3. The second kappa shape index (κ2) is 6.29. The second-order valence-corrected chi connectivity index (χ2v) is 6.71. The number of benzene rings is 4. The third-order valence-corrected chi connectivity index (χ3v) is 5.05. The molecule has 0 radical (unpaired) electrons. The molecule has 1 aromatic heterocycles. The third kappa shape index (κ3) is 2.74. The van der Waals surface area contributed by atoms with Crippen LogP contribution in [0.1, 0.15) is 0 Å². The first-order chi connectivity index (χ1) is 13.3. The summed E-state index contributed by atoms with van der Waals surface area (Å²) < 4.78 is 0. The Kier molecular flexibility index (Phi) is 3.65. The molecule has 1 N–H and O–H groups in total. The van der Waals surface area contributed by atoms with Crippen LogP contribution in [-0.4, -0.2) is 17.0 Å². The van der Waals surface area contributed by atoms with Gasteiger partial charge in [-0.3, -0.25) is 0 Å². The number of imidazole rings is 1. The Morgan fingerprint density at radius 3 is 2.33 bits per heavy atom. The van der Waals surface area contributed by atoms with E-state index in [0.717, 1.165) is 28.1 Å². The van der Waals surface area contributed by atoms with Gasteiger partial charge >= 0.3 is 0 Å². The summed E-state index contributed by atoms with van der Waals surface area (Å²) in [5.74, 6) is 0.899. The minimum atomic E-state index is 0.899. The van der Waals surface area contributed by atoms with Gasteiger partial charge in [-0.2, -0.15) is 0 Å². The van der Waals surface area contributed by atoms with Gasteiger partial charge in [-0.15, -0.1) is 0 Å². The fraction of sp³-hybridized carbons (Fsp3) is 0.0417. The van der Waals surface area contributed by atoms with Crippen molar-refractivity contribution >= 4 is 33.2 Å². The Morgan fingerprint density at radius 1 is 0.741 bits per heavy atom. The molecule has 5 rings (SSSR count).